The molecule has 5 rings (SSSR count). The van der Waals surface area contributed by atoms with Crippen molar-refractivity contribution in [1.82, 2.24) is 14.5 Å². The molecule has 2 aromatic carbocycles. The van der Waals surface area contributed by atoms with Crippen LogP contribution in [0.4, 0.5) is 0 Å². The largest absolute Gasteiger partial charge is 0.335 e. The lowest BCUT2D eigenvalue weighted by Gasteiger charge is -2.44. The van der Waals surface area contributed by atoms with E-state index in [9.17, 15) is 9.59 Å². The quantitative estimate of drug-likeness (QED) is 0.574. The van der Waals surface area contributed by atoms with Gasteiger partial charge in [0.05, 0.1) is 20.9 Å². The van der Waals surface area contributed by atoms with E-state index in [1.807, 2.05) is 35.2 Å². The zero-order valence-electron chi connectivity index (χ0n) is 15.6. The molecule has 2 atom stereocenters. The fourth-order valence-corrected chi connectivity index (χ4v) is 5.03. The number of aromatic nitrogens is 2. The Hall–Kier alpha value is -2.37. The highest BCUT2D eigenvalue weighted by molar-refractivity contribution is 6.42. The monoisotopic (exact) mass is 427 g/mol. The summed E-state index contributed by atoms with van der Waals surface area (Å²) in [6, 6.07) is 12.7. The summed E-state index contributed by atoms with van der Waals surface area (Å²) in [5.74, 6) is 0.839. The van der Waals surface area contributed by atoms with E-state index >= 15 is 0 Å². The van der Waals surface area contributed by atoms with E-state index in [1.165, 1.54) is 0 Å². The van der Waals surface area contributed by atoms with Crippen molar-refractivity contribution in [3.05, 3.63) is 74.3 Å². The number of halogens is 2. The van der Waals surface area contributed by atoms with Gasteiger partial charge in [-0.3, -0.25) is 14.2 Å². The lowest BCUT2D eigenvalue weighted by atomic mass is 9.83. The van der Waals surface area contributed by atoms with Gasteiger partial charge in [0.25, 0.3) is 11.5 Å². The Morgan fingerprint density at radius 3 is 2.59 bits per heavy atom. The van der Waals surface area contributed by atoms with Crippen LogP contribution in [0.3, 0.4) is 0 Å². The third-order valence-electron chi connectivity index (χ3n) is 6.07. The molecule has 2 aliphatic rings. The summed E-state index contributed by atoms with van der Waals surface area (Å²) >= 11 is 12.3. The van der Waals surface area contributed by atoms with Gasteiger partial charge in [-0.05, 0) is 43.5 Å². The Morgan fingerprint density at radius 1 is 1.03 bits per heavy atom. The summed E-state index contributed by atoms with van der Waals surface area (Å²) in [6.07, 6.45) is 2.53. The summed E-state index contributed by atoms with van der Waals surface area (Å²) < 4.78 is 1.75. The average Bonchev–Trinajstić information content (AvgIpc) is 2.75. The van der Waals surface area contributed by atoms with Crippen LogP contribution in [0.5, 0.6) is 0 Å². The van der Waals surface area contributed by atoms with Gasteiger partial charge in [-0.15, -0.1) is 0 Å². The minimum Gasteiger partial charge on any atom is -0.335 e. The maximum absolute atomic E-state index is 13.1. The van der Waals surface area contributed by atoms with E-state index in [0.717, 1.165) is 31.6 Å². The molecule has 0 aliphatic carbocycles. The van der Waals surface area contributed by atoms with Crippen molar-refractivity contribution in [3.8, 4) is 0 Å². The SMILES string of the molecule is O=C(c1ccccc1)N1CCC[C@@H]2c3nc4cc(Cl)c(Cl)cc4c(=O)n3CC[C@H]21. The Balaban J connectivity index is 1.58. The minimum absolute atomic E-state index is 0.0386. The Labute approximate surface area is 177 Å². The normalized spacial score (nSPS) is 21.0. The van der Waals surface area contributed by atoms with Crippen molar-refractivity contribution < 1.29 is 4.79 Å². The third-order valence-corrected chi connectivity index (χ3v) is 6.79. The number of piperidine rings is 1. The van der Waals surface area contributed by atoms with E-state index in [4.69, 9.17) is 28.2 Å². The highest BCUT2D eigenvalue weighted by Crippen LogP contribution is 2.38. The molecular formula is C22H19Cl2N3O2. The predicted molar refractivity (Wildman–Crippen MR) is 114 cm³/mol. The first-order valence-corrected chi connectivity index (χ1v) is 10.6. The summed E-state index contributed by atoms with van der Waals surface area (Å²) in [4.78, 5) is 33.0. The molecule has 5 nitrogen and oxygen atoms in total. The molecule has 1 aromatic heterocycles. The number of carbonyl (C=O) groups excluding carboxylic acids is 1. The molecule has 29 heavy (non-hydrogen) atoms. The Bertz CT molecular complexity index is 1180. The number of benzene rings is 2. The molecule has 2 aliphatic heterocycles. The van der Waals surface area contributed by atoms with Gasteiger partial charge in [0.15, 0.2) is 0 Å². The molecular weight excluding hydrogens is 409 g/mol. The maximum atomic E-state index is 13.1. The second-order valence-electron chi connectivity index (χ2n) is 7.68. The van der Waals surface area contributed by atoms with E-state index in [-0.39, 0.29) is 23.4 Å². The van der Waals surface area contributed by atoms with Crippen LogP contribution < -0.4 is 5.56 Å². The van der Waals surface area contributed by atoms with Gasteiger partial charge < -0.3 is 4.90 Å². The highest BCUT2D eigenvalue weighted by atomic mass is 35.5. The van der Waals surface area contributed by atoms with Gasteiger partial charge in [0.2, 0.25) is 0 Å². The van der Waals surface area contributed by atoms with Crippen LogP contribution in [0.25, 0.3) is 10.9 Å². The summed E-state index contributed by atoms with van der Waals surface area (Å²) in [5, 5.41) is 1.21. The zero-order chi connectivity index (χ0) is 20.1. The van der Waals surface area contributed by atoms with E-state index in [2.05, 4.69) is 0 Å². The molecule has 0 saturated carbocycles. The van der Waals surface area contributed by atoms with E-state index < -0.39 is 0 Å². The standard InChI is InChI=1S/C22H19Cl2N3O2/c23-16-11-15-18(12-17(16)24)25-20-14-7-4-9-26(19(14)8-10-27(20)22(15)29)21(28)13-5-2-1-3-6-13/h1-3,5-6,11-12,14,19H,4,7-10H2/t14-,19+/m0/s1. The van der Waals surface area contributed by atoms with Crippen molar-refractivity contribution in [3.63, 3.8) is 0 Å². The molecule has 0 unspecified atom stereocenters. The second kappa shape index (κ2) is 7.15. The van der Waals surface area contributed by atoms with Gasteiger partial charge in [-0.1, -0.05) is 41.4 Å². The number of hydrogen-bond acceptors (Lipinski definition) is 3. The van der Waals surface area contributed by atoms with E-state index in [0.29, 0.717) is 33.1 Å². The number of likely N-dealkylation sites (tertiary alicyclic amines) is 1. The number of nitrogens with zero attached hydrogens (tertiary/aromatic N) is 3. The van der Waals surface area contributed by atoms with Crippen LogP contribution in [0, 0.1) is 0 Å². The third kappa shape index (κ3) is 3.04. The molecule has 3 heterocycles. The maximum Gasteiger partial charge on any atom is 0.261 e. The highest BCUT2D eigenvalue weighted by Gasteiger charge is 2.40. The van der Waals surface area contributed by atoms with Crippen molar-refractivity contribution in [2.24, 2.45) is 0 Å². The first-order chi connectivity index (χ1) is 14.0. The van der Waals surface area contributed by atoms with Crippen LogP contribution in [-0.2, 0) is 6.54 Å². The van der Waals surface area contributed by atoms with Crippen molar-refractivity contribution >= 4 is 40.0 Å². The lowest BCUT2D eigenvalue weighted by Crippen LogP contribution is -2.51. The topological polar surface area (TPSA) is 55.2 Å². The van der Waals surface area contributed by atoms with Crippen LogP contribution in [0.2, 0.25) is 10.0 Å². The Morgan fingerprint density at radius 2 is 1.79 bits per heavy atom. The first kappa shape index (κ1) is 18.6. The fourth-order valence-electron chi connectivity index (χ4n) is 4.71. The molecule has 0 spiro atoms. The van der Waals surface area contributed by atoms with Gasteiger partial charge in [0, 0.05) is 30.6 Å². The van der Waals surface area contributed by atoms with Gasteiger partial charge in [-0.2, -0.15) is 0 Å². The summed E-state index contributed by atoms with van der Waals surface area (Å²) in [7, 11) is 0. The van der Waals surface area contributed by atoms with Crippen molar-refractivity contribution in [2.45, 2.75) is 37.8 Å². The molecule has 1 fully saturated rings. The minimum atomic E-state index is -0.0893. The molecule has 148 valence electrons. The molecule has 0 bridgehead atoms. The molecule has 1 amide bonds. The number of hydrogen-bond donors (Lipinski definition) is 0. The van der Waals surface area contributed by atoms with Gasteiger partial charge in [0.1, 0.15) is 5.82 Å². The number of carbonyl (C=O) groups is 1. The lowest BCUT2D eigenvalue weighted by molar-refractivity contribution is 0.0509. The van der Waals surface area contributed by atoms with Crippen molar-refractivity contribution in [1.29, 1.82) is 0 Å². The van der Waals surface area contributed by atoms with Gasteiger partial charge >= 0.3 is 0 Å². The van der Waals surface area contributed by atoms with E-state index in [1.54, 1.807) is 16.7 Å². The fraction of sp³-hybridized carbons (Fsp3) is 0.318. The van der Waals surface area contributed by atoms with Gasteiger partial charge in [-0.25, -0.2) is 4.98 Å². The number of rotatable bonds is 1. The molecule has 3 aromatic rings. The Kier molecular flexibility index (Phi) is 4.60. The zero-order valence-corrected chi connectivity index (χ0v) is 17.2. The number of amides is 1. The average molecular weight is 428 g/mol. The molecule has 1 saturated heterocycles. The van der Waals surface area contributed by atoms with Crippen LogP contribution in [0.15, 0.2) is 47.3 Å². The predicted octanol–water partition coefficient (Wildman–Crippen LogP) is 4.50. The van der Waals surface area contributed by atoms with Crippen LogP contribution in [0.1, 0.15) is 41.4 Å². The van der Waals surface area contributed by atoms with Crippen LogP contribution in [-0.4, -0.2) is 32.9 Å². The second-order valence-corrected chi connectivity index (χ2v) is 8.49. The van der Waals surface area contributed by atoms with Crippen LogP contribution >= 0.6 is 23.2 Å². The first-order valence-electron chi connectivity index (χ1n) is 9.80. The molecule has 7 heteroatoms. The van der Waals surface area contributed by atoms with Crippen molar-refractivity contribution in [2.75, 3.05) is 6.54 Å². The molecule has 0 radical (unpaired) electrons. The molecule has 0 N–H and O–H groups in total. The summed E-state index contributed by atoms with van der Waals surface area (Å²) in [5.41, 5.74) is 1.17. The summed E-state index contributed by atoms with van der Waals surface area (Å²) in [6.45, 7) is 1.27. The number of fused-ring (bicyclic) bond motifs is 4. The smallest absolute Gasteiger partial charge is 0.261 e.